The summed E-state index contributed by atoms with van der Waals surface area (Å²) in [5.74, 6) is 3.22. The summed E-state index contributed by atoms with van der Waals surface area (Å²) in [5, 5.41) is 12.8. The molecule has 0 spiro atoms. The Hall–Kier alpha value is 0.270. The number of rotatable bonds is 5. The maximum Gasteiger partial charge on any atom is 0.0584 e. The third-order valence-corrected chi connectivity index (χ3v) is 3.72. The van der Waals surface area contributed by atoms with Gasteiger partial charge in [-0.25, -0.2) is 0 Å². The van der Waals surface area contributed by atoms with Crippen LogP contribution in [0.15, 0.2) is 0 Å². The van der Waals surface area contributed by atoms with E-state index < -0.39 is 0 Å². The van der Waals surface area contributed by atoms with Crippen molar-refractivity contribution in [2.75, 3.05) is 18.1 Å². The molecule has 1 aliphatic rings. The minimum atomic E-state index is 0.280. The summed E-state index contributed by atoms with van der Waals surface area (Å²) in [6.07, 6.45) is 3.61. The number of aliphatic hydroxyl groups is 1. The van der Waals surface area contributed by atoms with Gasteiger partial charge < -0.3 is 10.4 Å². The van der Waals surface area contributed by atoms with Gasteiger partial charge in [0.1, 0.15) is 0 Å². The average Bonchev–Trinajstić information content (AvgIpc) is 2.17. The third-order valence-electron chi connectivity index (χ3n) is 2.67. The van der Waals surface area contributed by atoms with Crippen LogP contribution < -0.4 is 5.32 Å². The molecular formula is C11H23NOS. The van der Waals surface area contributed by atoms with Crippen LogP contribution in [0.1, 0.15) is 33.1 Å². The SMILES string of the molecule is CC(C)CC(CO)NC1CCSCC1. The smallest absolute Gasteiger partial charge is 0.0584 e. The Morgan fingerprint density at radius 2 is 2.00 bits per heavy atom. The van der Waals surface area contributed by atoms with E-state index in [1.807, 2.05) is 11.8 Å². The second kappa shape index (κ2) is 6.70. The van der Waals surface area contributed by atoms with Gasteiger partial charge in [-0.15, -0.1) is 0 Å². The van der Waals surface area contributed by atoms with Gasteiger partial charge in [-0.05, 0) is 36.7 Å². The van der Waals surface area contributed by atoms with Crippen molar-refractivity contribution in [3.63, 3.8) is 0 Å². The van der Waals surface area contributed by atoms with Gasteiger partial charge in [0.05, 0.1) is 6.61 Å². The Balaban J connectivity index is 2.23. The molecule has 1 aliphatic heterocycles. The first-order chi connectivity index (χ1) is 6.72. The van der Waals surface area contributed by atoms with E-state index in [1.54, 1.807) is 0 Å². The van der Waals surface area contributed by atoms with Gasteiger partial charge in [0.2, 0.25) is 0 Å². The van der Waals surface area contributed by atoms with Crippen LogP contribution in [-0.4, -0.2) is 35.3 Å². The minimum absolute atomic E-state index is 0.280. The monoisotopic (exact) mass is 217 g/mol. The molecule has 1 fully saturated rings. The molecule has 14 heavy (non-hydrogen) atoms. The average molecular weight is 217 g/mol. The van der Waals surface area contributed by atoms with E-state index >= 15 is 0 Å². The first-order valence-corrected chi connectivity index (χ1v) is 6.82. The van der Waals surface area contributed by atoms with Crippen LogP contribution in [0.25, 0.3) is 0 Å². The molecular weight excluding hydrogens is 194 g/mol. The molecule has 0 aliphatic carbocycles. The molecule has 2 nitrogen and oxygen atoms in total. The first-order valence-electron chi connectivity index (χ1n) is 5.67. The lowest BCUT2D eigenvalue weighted by atomic mass is 10.0. The fourth-order valence-electron chi connectivity index (χ4n) is 1.96. The van der Waals surface area contributed by atoms with Gasteiger partial charge in [0.25, 0.3) is 0 Å². The Morgan fingerprint density at radius 1 is 1.36 bits per heavy atom. The normalized spacial score (nSPS) is 21.4. The standard InChI is InChI=1S/C11H23NOS/c1-9(2)7-11(8-13)12-10-3-5-14-6-4-10/h9-13H,3-8H2,1-2H3. The van der Waals surface area contributed by atoms with Crippen LogP contribution in [-0.2, 0) is 0 Å². The van der Waals surface area contributed by atoms with Crippen LogP contribution in [0, 0.1) is 5.92 Å². The minimum Gasteiger partial charge on any atom is -0.395 e. The molecule has 0 aromatic heterocycles. The summed E-state index contributed by atoms with van der Waals surface area (Å²) in [4.78, 5) is 0. The molecule has 1 atom stereocenters. The lowest BCUT2D eigenvalue weighted by Gasteiger charge is -2.28. The van der Waals surface area contributed by atoms with Crippen molar-refractivity contribution in [2.45, 2.75) is 45.2 Å². The third kappa shape index (κ3) is 4.67. The summed E-state index contributed by atoms with van der Waals surface area (Å²) in [6.45, 7) is 4.70. The number of hydrogen-bond acceptors (Lipinski definition) is 3. The van der Waals surface area contributed by atoms with Gasteiger partial charge in [0.15, 0.2) is 0 Å². The Kier molecular flexibility index (Phi) is 5.90. The fourth-order valence-corrected chi connectivity index (χ4v) is 3.07. The Labute approximate surface area is 91.9 Å². The van der Waals surface area contributed by atoms with Crippen molar-refractivity contribution in [2.24, 2.45) is 5.92 Å². The van der Waals surface area contributed by atoms with Crippen LogP contribution in [0.2, 0.25) is 0 Å². The molecule has 0 aromatic rings. The highest BCUT2D eigenvalue weighted by atomic mass is 32.2. The molecule has 84 valence electrons. The van der Waals surface area contributed by atoms with Crippen LogP contribution >= 0.6 is 11.8 Å². The summed E-state index contributed by atoms with van der Waals surface area (Å²) in [7, 11) is 0. The van der Waals surface area contributed by atoms with E-state index in [-0.39, 0.29) is 6.61 Å². The first kappa shape index (κ1) is 12.3. The quantitative estimate of drug-likeness (QED) is 0.737. The van der Waals surface area contributed by atoms with E-state index in [0.717, 1.165) is 6.42 Å². The summed E-state index contributed by atoms with van der Waals surface area (Å²) < 4.78 is 0. The molecule has 1 rings (SSSR count). The predicted molar refractivity (Wildman–Crippen MR) is 63.8 cm³/mol. The van der Waals surface area contributed by atoms with Gasteiger partial charge >= 0.3 is 0 Å². The Morgan fingerprint density at radius 3 is 2.50 bits per heavy atom. The van der Waals surface area contributed by atoms with Gasteiger partial charge in [-0.1, -0.05) is 13.8 Å². The zero-order valence-electron chi connectivity index (χ0n) is 9.33. The van der Waals surface area contributed by atoms with Crippen molar-refractivity contribution >= 4 is 11.8 Å². The van der Waals surface area contributed by atoms with Crippen molar-refractivity contribution < 1.29 is 5.11 Å². The Bertz CT molecular complexity index is 146. The topological polar surface area (TPSA) is 32.3 Å². The number of hydrogen-bond donors (Lipinski definition) is 2. The molecule has 1 heterocycles. The predicted octanol–water partition coefficient (Wildman–Crippen LogP) is 1.88. The summed E-state index contributed by atoms with van der Waals surface area (Å²) in [5.41, 5.74) is 0. The van der Waals surface area contributed by atoms with Crippen molar-refractivity contribution in [1.82, 2.24) is 5.32 Å². The molecule has 3 heteroatoms. The summed E-state index contributed by atoms with van der Waals surface area (Å²) in [6, 6.07) is 0.954. The van der Waals surface area contributed by atoms with E-state index in [4.69, 9.17) is 0 Å². The lowest BCUT2D eigenvalue weighted by molar-refractivity contribution is 0.210. The highest BCUT2D eigenvalue weighted by molar-refractivity contribution is 7.99. The fraction of sp³-hybridized carbons (Fsp3) is 1.00. The van der Waals surface area contributed by atoms with Gasteiger partial charge in [-0.2, -0.15) is 11.8 Å². The highest BCUT2D eigenvalue weighted by Crippen LogP contribution is 2.18. The highest BCUT2D eigenvalue weighted by Gasteiger charge is 2.18. The zero-order valence-corrected chi connectivity index (χ0v) is 10.1. The van der Waals surface area contributed by atoms with Crippen molar-refractivity contribution in [1.29, 1.82) is 0 Å². The molecule has 2 N–H and O–H groups in total. The molecule has 1 unspecified atom stereocenters. The zero-order chi connectivity index (χ0) is 10.4. The van der Waals surface area contributed by atoms with Crippen molar-refractivity contribution in [3.8, 4) is 0 Å². The molecule has 0 radical (unpaired) electrons. The van der Waals surface area contributed by atoms with E-state index in [1.165, 1.54) is 24.3 Å². The number of aliphatic hydroxyl groups excluding tert-OH is 1. The van der Waals surface area contributed by atoms with E-state index in [0.29, 0.717) is 18.0 Å². The molecule has 0 aromatic carbocycles. The maximum absolute atomic E-state index is 9.24. The second-order valence-electron chi connectivity index (χ2n) is 4.56. The number of thioether (sulfide) groups is 1. The van der Waals surface area contributed by atoms with Crippen molar-refractivity contribution in [3.05, 3.63) is 0 Å². The van der Waals surface area contributed by atoms with Gasteiger partial charge in [-0.3, -0.25) is 0 Å². The van der Waals surface area contributed by atoms with Crippen LogP contribution in [0.4, 0.5) is 0 Å². The lowest BCUT2D eigenvalue weighted by Crippen LogP contribution is -2.43. The molecule has 0 bridgehead atoms. The number of nitrogens with one attached hydrogen (secondary N) is 1. The van der Waals surface area contributed by atoms with E-state index in [2.05, 4.69) is 19.2 Å². The van der Waals surface area contributed by atoms with Gasteiger partial charge in [0, 0.05) is 12.1 Å². The summed E-state index contributed by atoms with van der Waals surface area (Å²) >= 11 is 2.04. The van der Waals surface area contributed by atoms with Crippen LogP contribution in [0.3, 0.4) is 0 Å². The van der Waals surface area contributed by atoms with E-state index in [9.17, 15) is 5.11 Å². The molecule has 0 amide bonds. The molecule has 1 saturated heterocycles. The second-order valence-corrected chi connectivity index (χ2v) is 5.79. The maximum atomic E-state index is 9.24. The largest absolute Gasteiger partial charge is 0.395 e. The van der Waals surface area contributed by atoms with Crippen LogP contribution in [0.5, 0.6) is 0 Å². The molecule has 0 saturated carbocycles.